The molecule has 5 heteroatoms. The predicted molar refractivity (Wildman–Crippen MR) is 74.5 cm³/mol. The number of nitrogens with zero attached hydrogens (tertiary/aromatic N) is 1. The van der Waals surface area contributed by atoms with Crippen LogP contribution in [0.3, 0.4) is 0 Å². The summed E-state index contributed by atoms with van der Waals surface area (Å²) in [6.07, 6.45) is 4.52. The molecular weight excluding hydrogens is 262 g/mol. The first-order chi connectivity index (χ1) is 9.58. The number of likely N-dealkylation sites (tertiary alicyclic amines) is 1. The van der Waals surface area contributed by atoms with E-state index in [9.17, 15) is 13.6 Å². The summed E-state index contributed by atoms with van der Waals surface area (Å²) in [5.41, 5.74) is -0.100. The van der Waals surface area contributed by atoms with E-state index in [0.29, 0.717) is 0 Å². The second-order valence-corrected chi connectivity index (χ2v) is 5.24. The Hall–Kier alpha value is -1.49. The highest BCUT2D eigenvalue weighted by Crippen LogP contribution is 2.17. The van der Waals surface area contributed by atoms with Crippen LogP contribution >= 0.6 is 0 Å². The Morgan fingerprint density at radius 3 is 2.50 bits per heavy atom. The lowest BCUT2D eigenvalue weighted by atomic mass is 10.2. The van der Waals surface area contributed by atoms with Crippen molar-refractivity contribution in [3.8, 4) is 0 Å². The van der Waals surface area contributed by atoms with Gasteiger partial charge < -0.3 is 5.32 Å². The summed E-state index contributed by atoms with van der Waals surface area (Å²) in [7, 11) is 0. The number of nitrogens with one attached hydrogen (secondary N) is 1. The van der Waals surface area contributed by atoms with Crippen LogP contribution in [0.1, 0.15) is 32.6 Å². The lowest BCUT2D eigenvalue weighted by Crippen LogP contribution is -2.42. The fourth-order valence-corrected chi connectivity index (χ4v) is 2.48. The molecule has 20 heavy (non-hydrogen) atoms. The van der Waals surface area contributed by atoms with E-state index >= 15 is 0 Å². The molecule has 0 aliphatic carbocycles. The van der Waals surface area contributed by atoms with Gasteiger partial charge in [-0.25, -0.2) is 8.78 Å². The highest BCUT2D eigenvalue weighted by Gasteiger charge is 2.22. The van der Waals surface area contributed by atoms with Gasteiger partial charge in [0.15, 0.2) is 0 Å². The molecule has 1 aromatic carbocycles. The number of carbonyl (C=O) groups excluding carboxylic acids is 1. The molecule has 0 radical (unpaired) electrons. The van der Waals surface area contributed by atoms with Crippen LogP contribution in [-0.4, -0.2) is 29.9 Å². The number of hydrogen-bond acceptors (Lipinski definition) is 2. The van der Waals surface area contributed by atoms with Crippen LogP contribution < -0.4 is 5.32 Å². The van der Waals surface area contributed by atoms with E-state index in [1.165, 1.54) is 12.8 Å². The van der Waals surface area contributed by atoms with E-state index < -0.39 is 11.6 Å². The zero-order chi connectivity index (χ0) is 14.5. The molecule has 1 heterocycles. The summed E-state index contributed by atoms with van der Waals surface area (Å²) in [4.78, 5) is 14.2. The average Bonchev–Trinajstić information content (AvgIpc) is 2.71. The van der Waals surface area contributed by atoms with Crippen molar-refractivity contribution in [2.24, 2.45) is 0 Å². The van der Waals surface area contributed by atoms with Crippen LogP contribution in [0.25, 0.3) is 0 Å². The molecule has 0 saturated carbocycles. The van der Waals surface area contributed by atoms with Crippen molar-refractivity contribution >= 4 is 11.6 Å². The first-order valence-electron chi connectivity index (χ1n) is 7.08. The molecule has 1 aromatic rings. The molecule has 2 rings (SSSR count). The Morgan fingerprint density at radius 2 is 1.85 bits per heavy atom. The normalized spacial score (nSPS) is 18.4. The molecule has 1 aliphatic rings. The lowest BCUT2D eigenvalue weighted by molar-refractivity contribution is -0.120. The summed E-state index contributed by atoms with van der Waals surface area (Å²) in [6.45, 7) is 3.55. The summed E-state index contributed by atoms with van der Waals surface area (Å²) in [6, 6.07) is 2.71. The van der Waals surface area contributed by atoms with Gasteiger partial charge in [0.1, 0.15) is 11.6 Å². The third-order valence-electron chi connectivity index (χ3n) is 3.75. The van der Waals surface area contributed by atoms with Crippen molar-refractivity contribution in [2.45, 2.75) is 38.6 Å². The number of amides is 1. The first kappa shape index (κ1) is 14.9. The lowest BCUT2D eigenvalue weighted by Gasteiger charge is -2.26. The van der Waals surface area contributed by atoms with E-state index in [1.54, 1.807) is 6.92 Å². The van der Waals surface area contributed by atoms with Crippen LogP contribution in [0.5, 0.6) is 0 Å². The third-order valence-corrected chi connectivity index (χ3v) is 3.75. The van der Waals surface area contributed by atoms with Gasteiger partial charge in [-0.05, 0) is 45.0 Å². The van der Waals surface area contributed by atoms with Crippen molar-refractivity contribution in [1.29, 1.82) is 0 Å². The van der Waals surface area contributed by atoms with E-state index in [1.807, 2.05) is 0 Å². The summed E-state index contributed by atoms with van der Waals surface area (Å²) in [5, 5.41) is 2.47. The predicted octanol–water partition coefficient (Wildman–Crippen LogP) is 3.17. The molecule has 110 valence electrons. The van der Waals surface area contributed by atoms with Crippen LogP contribution in [0.15, 0.2) is 18.2 Å². The van der Waals surface area contributed by atoms with E-state index in [2.05, 4.69) is 10.2 Å². The average molecular weight is 282 g/mol. The van der Waals surface area contributed by atoms with Crippen LogP contribution in [0.2, 0.25) is 0 Å². The second kappa shape index (κ2) is 6.79. The molecule has 3 nitrogen and oxygen atoms in total. The maximum atomic E-state index is 13.5. The molecule has 0 unspecified atom stereocenters. The number of hydrogen-bond donors (Lipinski definition) is 1. The minimum Gasteiger partial charge on any atom is -0.322 e. The monoisotopic (exact) mass is 282 g/mol. The van der Waals surface area contributed by atoms with Gasteiger partial charge in [0.05, 0.1) is 11.7 Å². The SMILES string of the molecule is C[C@@H](C(=O)Nc1cc(F)ccc1F)N1CCCCCC1. The zero-order valence-electron chi connectivity index (χ0n) is 11.7. The Morgan fingerprint density at radius 1 is 1.20 bits per heavy atom. The minimum absolute atomic E-state index is 0.100. The van der Waals surface area contributed by atoms with Crippen LogP contribution in [0.4, 0.5) is 14.5 Å². The molecule has 0 aromatic heterocycles. The van der Waals surface area contributed by atoms with Gasteiger partial charge in [-0.3, -0.25) is 9.69 Å². The highest BCUT2D eigenvalue weighted by atomic mass is 19.1. The quantitative estimate of drug-likeness (QED) is 0.923. The zero-order valence-corrected chi connectivity index (χ0v) is 11.7. The van der Waals surface area contributed by atoms with E-state index in [4.69, 9.17) is 0 Å². The number of benzene rings is 1. The topological polar surface area (TPSA) is 32.3 Å². The fraction of sp³-hybridized carbons (Fsp3) is 0.533. The van der Waals surface area contributed by atoms with E-state index in [-0.39, 0.29) is 17.6 Å². The largest absolute Gasteiger partial charge is 0.322 e. The maximum Gasteiger partial charge on any atom is 0.241 e. The highest BCUT2D eigenvalue weighted by molar-refractivity contribution is 5.94. The molecule has 1 aliphatic heterocycles. The van der Waals surface area contributed by atoms with Gasteiger partial charge in [0.2, 0.25) is 5.91 Å². The Balaban J connectivity index is 2.01. The van der Waals surface area contributed by atoms with Crippen molar-refractivity contribution in [2.75, 3.05) is 18.4 Å². The molecule has 1 N–H and O–H groups in total. The van der Waals surface area contributed by atoms with Gasteiger partial charge in [-0.1, -0.05) is 12.8 Å². The number of carbonyl (C=O) groups is 1. The van der Waals surface area contributed by atoms with Crippen LogP contribution in [-0.2, 0) is 4.79 Å². The summed E-state index contributed by atoms with van der Waals surface area (Å²) >= 11 is 0. The Bertz CT molecular complexity index is 471. The fourth-order valence-electron chi connectivity index (χ4n) is 2.48. The Kier molecular flexibility index (Phi) is 5.06. The van der Waals surface area contributed by atoms with Gasteiger partial charge in [-0.2, -0.15) is 0 Å². The van der Waals surface area contributed by atoms with Gasteiger partial charge in [-0.15, -0.1) is 0 Å². The molecule has 0 spiro atoms. The smallest absolute Gasteiger partial charge is 0.241 e. The third kappa shape index (κ3) is 3.76. The molecular formula is C15H20F2N2O. The molecule has 1 atom stereocenters. The number of halogens is 2. The maximum absolute atomic E-state index is 13.5. The van der Waals surface area contributed by atoms with E-state index in [0.717, 1.165) is 44.1 Å². The summed E-state index contributed by atoms with van der Waals surface area (Å²) in [5.74, 6) is -1.48. The minimum atomic E-state index is -0.622. The standard InChI is InChI=1S/C15H20F2N2O/c1-11(19-8-4-2-3-5-9-19)15(20)18-14-10-12(16)6-7-13(14)17/h6-7,10-11H,2-5,8-9H2,1H3,(H,18,20)/t11-/m0/s1. The number of anilines is 1. The van der Waals surface area contributed by atoms with Crippen molar-refractivity contribution < 1.29 is 13.6 Å². The summed E-state index contributed by atoms with van der Waals surface area (Å²) < 4.78 is 26.6. The molecule has 1 amide bonds. The molecule has 1 saturated heterocycles. The molecule has 1 fully saturated rings. The van der Waals surface area contributed by atoms with Crippen molar-refractivity contribution in [1.82, 2.24) is 4.90 Å². The van der Waals surface area contributed by atoms with Gasteiger partial charge >= 0.3 is 0 Å². The van der Waals surface area contributed by atoms with Gasteiger partial charge in [0.25, 0.3) is 0 Å². The van der Waals surface area contributed by atoms with Gasteiger partial charge in [0, 0.05) is 6.07 Å². The molecule has 0 bridgehead atoms. The van der Waals surface area contributed by atoms with Crippen molar-refractivity contribution in [3.63, 3.8) is 0 Å². The second-order valence-electron chi connectivity index (χ2n) is 5.24. The van der Waals surface area contributed by atoms with Crippen molar-refractivity contribution in [3.05, 3.63) is 29.8 Å². The first-order valence-corrected chi connectivity index (χ1v) is 7.08. The van der Waals surface area contributed by atoms with Crippen LogP contribution in [0, 0.1) is 11.6 Å². The Labute approximate surface area is 118 Å². The number of rotatable bonds is 3.